The maximum Gasteiger partial charge on any atom is 0.253 e. The largest absolute Gasteiger partial charge is 0.489 e. The van der Waals surface area contributed by atoms with Gasteiger partial charge in [-0.2, -0.15) is 0 Å². The predicted molar refractivity (Wildman–Crippen MR) is 126 cm³/mol. The molecule has 0 saturated carbocycles. The number of amides is 2. The number of piperidine rings is 1. The van der Waals surface area contributed by atoms with Crippen LogP contribution in [0.25, 0.3) is 0 Å². The number of carbonyl (C=O) groups is 2. The van der Waals surface area contributed by atoms with Gasteiger partial charge < -0.3 is 25.0 Å². The normalized spacial score (nSPS) is 14.1. The maximum absolute atomic E-state index is 12.8. The zero-order chi connectivity index (χ0) is 22.8. The number of nitrogens with zero attached hydrogens (tertiary/aromatic N) is 1. The summed E-state index contributed by atoms with van der Waals surface area (Å²) >= 11 is 0. The Balaban J connectivity index is 1.52. The van der Waals surface area contributed by atoms with Gasteiger partial charge in [-0.05, 0) is 56.0 Å². The van der Waals surface area contributed by atoms with E-state index < -0.39 is 0 Å². The van der Waals surface area contributed by atoms with Crippen LogP contribution in [0.15, 0.2) is 48.5 Å². The van der Waals surface area contributed by atoms with Gasteiger partial charge in [0.25, 0.3) is 5.91 Å². The Morgan fingerprint density at radius 1 is 1.06 bits per heavy atom. The molecule has 1 heterocycles. The van der Waals surface area contributed by atoms with Crippen LogP contribution in [0.1, 0.15) is 37.0 Å². The summed E-state index contributed by atoms with van der Waals surface area (Å²) in [4.78, 5) is 27.2. The van der Waals surface area contributed by atoms with E-state index in [0.29, 0.717) is 42.7 Å². The van der Waals surface area contributed by atoms with Crippen molar-refractivity contribution >= 4 is 23.2 Å². The Kier molecular flexibility index (Phi) is 8.92. The third kappa shape index (κ3) is 6.99. The Hall–Kier alpha value is -3.06. The van der Waals surface area contributed by atoms with Crippen molar-refractivity contribution in [3.8, 4) is 5.75 Å². The van der Waals surface area contributed by atoms with Gasteiger partial charge in [0.15, 0.2) is 0 Å². The first-order valence-electron chi connectivity index (χ1n) is 11.3. The molecule has 0 spiro atoms. The zero-order valence-corrected chi connectivity index (χ0v) is 18.9. The highest BCUT2D eigenvalue weighted by atomic mass is 16.5. The molecule has 172 valence electrons. The number of hydrogen-bond acceptors (Lipinski definition) is 5. The van der Waals surface area contributed by atoms with Crippen LogP contribution in [0, 0.1) is 5.92 Å². The molecule has 0 radical (unpaired) electrons. The molecule has 0 unspecified atom stereocenters. The molecule has 7 heteroatoms. The van der Waals surface area contributed by atoms with Gasteiger partial charge in [0.05, 0.1) is 18.8 Å². The number of anilines is 2. The lowest BCUT2D eigenvalue weighted by atomic mass is 9.98. The molecule has 2 N–H and O–H groups in total. The lowest BCUT2D eigenvalue weighted by Gasteiger charge is -2.30. The Morgan fingerprint density at radius 3 is 2.62 bits per heavy atom. The molecule has 1 fully saturated rings. The van der Waals surface area contributed by atoms with E-state index in [-0.39, 0.29) is 18.4 Å². The first-order chi connectivity index (χ1) is 15.6. The Bertz CT molecular complexity index is 894. The lowest BCUT2D eigenvalue weighted by Crippen LogP contribution is -2.37. The summed E-state index contributed by atoms with van der Waals surface area (Å²) in [5, 5.41) is 5.98. The minimum Gasteiger partial charge on any atom is -0.489 e. The van der Waals surface area contributed by atoms with Crippen molar-refractivity contribution in [2.75, 3.05) is 50.1 Å². The van der Waals surface area contributed by atoms with E-state index in [0.717, 1.165) is 31.6 Å². The molecular formula is C25H33N3O4. The number of nitrogens with one attached hydrogen (secondary N) is 2. The zero-order valence-electron chi connectivity index (χ0n) is 18.9. The number of hydrogen-bond donors (Lipinski definition) is 2. The van der Waals surface area contributed by atoms with Crippen molar-refractivity contribution in [3.63, 3.8) is 0 Å². The summed E-state index contributed by atoms with van der Waals surface area (Å²) in [6.45, 7) is 7.37. The molecule has 2 amide bonds. The summed E-state index contributed by atoms with van der Waals surface area (Å²) < 4.78 is 11.0. The number of carbonyl (C=O) groups excluding carboxylic acids is 2. The van der Waals surface area contributed by atoms with E-state index in [9.17, 15) is 9.59 Å². The van der Waals surface area contributed by atoms with E-state index >= 15 is 0 Å². The molecule has 7 nitrogen and oxygen atoms in total. The van der Waals surface area contributed by atoms with E-state index in [1.54, 1.807) is 12.1 Å². The molecule has 0 aliphatic carbocycles. The van der Waals surface area contributed by atoms with Crippen molar-refractivity contribution in [1.29, 1.82) is 0 Å². The van der Waals surface area contributed by atoms with Crippen LogP contribution < -0.4 is 15.4 Å². The molecule has 1 aliphatic rings. The summed E-state index contributed by atoms with van der Waals surface area (Å²) in [6, 6.07) is 14.6. The number of benzene rings is 2. The number of para-hydroxylation sites is 2. The molecule has 2 aromatic carbocycles. The minimum atomic E-state index is -0.201. The van der Waals surface area contributed by atoms with Gasteiger partial charge in [-0.3, -0.25) is 9.59 Å². The molecular weight excluding hydrogens is 406 g/mol. The smallest absolute Gasteiger partial charge is 0.253 e. The Morgan fingerprint density at radius 2 is 1.84 bits per heavy atom. The summed E-state index contributed by atoms with van der Waals surface area (Å²) in [5.74, 6) is 1.12. The average Bonchev–Trinajstić information content (AvgIpc) is 2.82. The topological polar surface area (TPSA) is 79.9 Å². The minimum absolute atomic E-state index is 0.0446. The summed E-state index contributed by atoms with van der Waals surface area (Å²) in [7, 11) is 0. The maximum atomic E-state index is 12.8. The molecule has 32 heavy (non-hydrogen) atoms. The highest BCUT2D eigenvalue weighted by Crippen LogP contribution is 2.24. The van der Waals surface area contributed by atoms with Crippen molar-refractivity contribution in [1.82, 2.24) is 4.90 Å². The van der Waals surface area contributed by atoms with Crippen LogP contribution in [-0.4, -0.2) is 56.2 Å². The van der Waals surface area contributed by atoms with E-state index in [1.165, 1.54) is 0 Å². The first-order valence-corrected chi connectivity index (χ1v) is 11.3. The Labute approximate surface area is 190 Å². The van der Waals surface area contributed by atoms with Crippen LogP contribution in [-0.2, 0) is 9.53 Å². The average molecular weight is 440 g/mol. The third-order valence-corrected chi connectivity index (χ3v) is 5.48. The van der Waals surface area contributed by atoms with Crippen LogP contribution in [0.5, 0.6) is 5.75 Å². The molecule has 0 bridgehead atoms. The number of likely N-dealkylation sites (tertiary alicyclic amines) is 1. The van der Waals surface area contributed by atoms with Crippen LogP contribution in [0.2, 0.25) is 0 Å². The highest BCUT2D eigenvalue weighted by Gasteiger charge is 2.21. The van der Waals surface area contributed by atoms with Crippen molar-refractivity contribution in [2.24, 2.45) is 5.92 Å². The summed E-state index contributed by atoms with van der Waals surface area (Å²) in [6.07, 6.45) is 2.08. The second kappa shape index (κ2) is 12.1. The fourth-order valence-corrected chi connectivity index (χ4v) is 3.58. The third-order valence-electron chi connectivity index (χ3n) is 5.48. The van der Waals surface area contributed by atoms with Gasteiger partial charge in [-0.15, -0.1) is 0 Å². The van der Waals surface area contributed by atoms with E-state index in [4.69, 9.17) is 9.47 Å². The molecule has 2 aromatic rings. The number of rotatable bonds is 10. The second-order valence-electron chi connectivity index (χ2n) is 8.00. The van der Waals surface area contributed by atoms with Crippen LogP contribution in [0.4, 0.5) is 11.4 Å². The fraction of sp³-hybridized carbons (Fsp3) is 0.440. The molecule has 1 saturated heterocycles. The quantitative estimate of drug-likeness (QED) is 0.547. The van der Waals surface area contributed by atoms with Gasteiger partial charge in [0.1, 0.15) is 12.4 Å². The number of ether oxygens (including phenoxy) is 2. The van der Waals surface area contributed by atoms with Crippen molar-refractivity contribution < 1.29 is 19.1 Å². The van der Waals surface area contributed by atoms with Gasteiger partial charge in [-0.25, -0.2) is 0 Å². The van der Waals surface area contributed by atoms with E-state index in [1.807, 2.05) is 48.2 Å². The molecule has 0 atom stereocenters. The summed E-state index contributed by atoms with van der Waals surface area (Å²) in [5.41, 5.74) is 1.98. The van der Waals surface area contributed by atoms with Gasteiger partial charge >= 0.3 is 0 Å². The van der Waals surface area contributed by atoms with Crippen molar-refractivity contribution in [2.45, 2.75) is 26.7 Å². The van der Waals surface area contributed by atoms with Gasteiger partial charge in [-0.1, -0.05) is 25.1 Å². The molecule has 1 aliphatic heterocycles. The van der Waals surface area contributed by atoms with Gasteiger partial charge in [0, 0.05) is 30.9 Å². The fourth-order valence-electron chi connectivity index (χ4n) is 3.58. The standard InChI is InChI=1S/C25H33N3O4/c1-3-31-15-16-32-23-10-5-4-9-22(23)27-24(29)18-26-21-8-6-7-20(17-21)25(30)28-13-11-19(2)12-14-28/h4-10,17,19,26H,3,11-16,18H2,1-2H3,(H,27,29). The SMILES string of the molecule is CCOCCOc1ccccc1NC(=O)CNc1cccc(C(=O)N2CCC(C)CC2)c1. The van der Waals surface area contributed by atoms with Crippen LogP contribution >= 0.6 is 0 Å². The van der Waals surface area contributed by atoms with Crippen LogP contribution in [0.3, 0.4) is 0 Å². The lowest BCUT2D eigenvalue weighted by molar-refractivity contribution is -0.114. The highest BCUT2D eigenvalue weighted by molar-refractivity contribution is 5.96. The molecule has 0 aromatic heterocycles. The monoisotopic (exact) mass is 439 g/mol. The second-order valence-corrected chi connectivity index (χ2v) is 8.00. The first kappa shape index (κ1) is 23.6. The molecule has 3 rings (SSSR count). The predicted octanol–water partition coefficient (Wildman–Crippen LogP) is 4.02. The van der Waals surface area contributed by atoms with Gasteiger partial charge in [0.2, 0.25) is 5.91 Å². The van der Waals surface area contributed by atoms with Crippen molar-refractivity contribution in [3.05, 3.63) is 54.1 Å². The van der Waals surface area contributed by atoms with E-state index in [2.05, 4.69) is 17.6 Å².